The molecule has 1 amide bonds. The van der Waals surface area contributed by atoms with E-state index < -0.39 is 5.60 Å². The van der Waals surface area contributed by atoms with E-state index in [0.717, 1.165) is 5.69 Å². The summed E-state index contributed by atoms with van der Waals surface area (Å²) < 4.78 is 5.40. The normalized spacial score (nSPS) is 13.6. The number of carbonyl (C=O) groups is 1. The van der Waals surface area contributed by atoms with Gasteiger partial charge in [-0.05, 0) is 25.5 Å². The number of amides is 1. The van der Waals surface area contributed by atoms with Crippen molar-refractivity contribution in [2.24, 2.45) is 5.73 Å². The molecule has 0 aliphatic carbocycles. The van der Waals surface area contributed by atoms with E-state index >= 15 is 0 Å². The van der Waals surface area contributed by atoms with Crippen LogP contribution >= 0.6 is 12.2 Å². The van der Waals surface area contributed by atoms with Gasteiger partial charge >= 0.3 is 0 Å². The van der Waals surface area contributed by atoms with Crippen molar-refractivity contribution in [1.82, 2.24) is 0 Å². The molecule has 0 aromatic heterocycles. The van der Waals surface area contributed by atoms with Gasteiger partial charge in [-0.25, -0.2) is 0 Å². The lowest BCUT2D eigenvalue weighted by Gasteiger charge is -2.33. The van der Waals surface area contributed by atoms with Crippen molar-refractivity contribution >= 4 is 28.8 Å². The molecule has 1 aromatic carbocycles. The largest absolute Gasteiger partial charge is 0.393 e. The van der Waals surface area contributed by atoms with Crippen LogP contribution in [0.3, 0.4) is 0 Å². The fraction of sp³-hybridized carbons (Fsp3) is 0.467. The number of anilines is 1. The van der Waals surface area contributed by atoms with Crippen LogP contribution < -0.4 is 10.6 Å². The number of carbonyl (C=O) groups excluding carboxylic acids is 1. The monoisotopic (exact) mass is 294 g/mol. The zero-order chi connectivity index (χ0) is 15.2. The number of hydrogen-bond donors (Lipinski definition) is 1. The van der Waals surface area contributed by atoms with Gasteiger partial charge in [0.1, 0.15) is 5.60 Å². The van der Waals surface area contributed by atoms with E-state index in [1.165, 1.54) is 0 Å². The first kappa shape index (κ1) is 16.6. The van der Waals surface area contributed by atoms with Gasteiger partial charge in [0.2, 0.25) is 0 Å². The first-order chi connectivity index (χ1) is 9.44. The zero-order valence-corrected chi connectivity index (χ0v) is 13.1. The van der Waals surface area contributed by atoms with Crippen LogP contribution in [-0.2, 0) is 9.53 Å². The summed E-state index contributed by atoms with van der Waals surface area (Å²) in [4.78, 5) is 14.8. The van der Waals surface area contributed by atoms with E-state index in [9.17, 15) is 4.79 Å². The molecule has 0 radical (unpaired) electrons. The number of nitrogens with two attached hydrogens (primary N) is 1. The van der Waals surface area contributed by atoms with Crippen LogP contribution in [0.1, 0.15) is 26.7 Å². The maximum Gasteiger partial charge on any atom is 0.258 e. The Morgan fingerprint density at radius 3 is 2.45 bits per heavy atom. The Morgan fingerprint density at radius 2 is 2.00 bits per heavy atom. The molecule has 0 saturated carbocycles. The average Bonchev–Trinajstić information content (AvgIpc) is 2.47. The lowest BCUT2D eigenvalue weighted by Crippen LogP contribution is -2.49. The molecule has 0 bridgehead atoms. The van der Waals surface area contributed by atoms with Crippen molar-refractivity contribution in [3.63, 3.8) is 0 Å². The Kier molecular flexibility index (Phi) is 6.10. The highest BCUT2D eigenvalue weighted by molar-refractivity contribution is 7.80. The molecule has 0 heterocycles. The first-order valence-electron chi connectivity index (χ1n) is 6.65. The fourth-order valence-corrected chi connectivity index (χ4v) is 1.94. The molecule has 0 aliphatic rings. The molecule has 4 nitrogen and oxygen atoms in total. The molecule has 0 aliphatic heterocycles. The van der Waals surface area contributed by atoms with Gasteiger partial charge in [0.25, 0.3) is 5.91 Å². The molecule has 110 valence electrons. The number of para-hydroxylation sites is 1. The summed E-state index contributed by atoms with van der Waals surface area (Å²) in [6, 6.07) is 9.49. The second kappa shape index (κ2) is 7.36. The predicted octanol–water partition coefficient (Wildman–Crippen LogP) is 2.51. The first-order valence-corrected chi connectivity index (χ1v) is 7.06. The lowest BCUT2D eigenvalue weighted by molar-refractivity contribution is -0.138. The third-order valence-electron chi connectivity index (χ3n) is 3.47. The van der Waals surface area contributed by atoms with Gasteiger partial charge in [-0.1, -0.05) is 37.3 Å². The molecule has 0 saturated heterocycles. The second-order valence-corrected chi connectivity index (χ2v) is 5.32. The number of nitrogens with zero attached hydrogens (tertiary/aromatic N) is 1. The number of methoxy groups -OCH3 is 1. The molecule has 5 heteroatoms. The van der Waals surface area contributed by atoms with Crippen LogP contribution in [0.4, 0.5) is 5.69 Å². The standard InChI is InChI=1S/C15H22N2O2S/c1-4-15(2,19-3)14(18)17(11-10-13(16)20)12-8-6-5-7-9-12/h5-9H,4,10-11H2,1-3H3,(H2,16,20). The minimum atomic E-state index is -0.841. The number of hydrogen-bond acceptors (Lipinski definition) is 3. The van der Waals surface area contributed by atoms with Crippen LogP contribution in [0.25, 0.3) is 0 Å². The van der Waals surface area contributed by atoms with Crippen LogP contribution in [0.15, 0.2) is 30.3 Å². The second-order valence-electron chi connectivity index (χ2n) is 4.80. The molecular formula is C15H22N2O2S. The minimum Gasteiger partial charge on any atom is -0.393 e. The highest BCUT2D eigenvalue weighted by atomic mass is 32.1. The van der Waals surface area contributed by atoms with Gasteiger partial charge in [0.05, 0.1) is 4.99 Å². The molecule has 1 aromatic rings. The lowest BCUT2D eigenvalue weighted by atomic mass is 10.0. The van der Waals surface area contributed by atoms with Crippen LogP contribution in [0, 0.1) is 0 Å². The van der Waals surface area contributed by atoms with Crippen molar-refractivity contribution < 1.29 is 9.53 Å². The SMILES string of the molecule is CCC(C)(OC)C(=O)N(CCC(N)=S)c1ccccc1. The van der Waals surface area contributed by atoms with E-state index in [0.29, 0.717) is 24.4 Å². The van der Waals surface area contributed by atoms with E-state index in [2.05, 4.69) is 0 Å². The topological polar surface area (TPSA) is 55.6 Å². The smallest absolute Gasteiger partial charge is 0.258 e. The van der Waals surface area contributed by atoms with Gasteiger partial charge < -0.3 is 15.4 Å². The Bertz CT molecular complexity index is 458. The molecule has 2 N–H and O–H groups in total. The number of thiocarbonyl (C=S) groups is 1. The zero-order valence-electron chi connectivity index (χ0n) is 12.3. The van der Waals surface area contributed by atoms with Gasteiger partial charge in [0, 0.05) is 25.8 Å². The van der Waals surface area contributed by atoms with Crippen molar-refractivity contribution in [2.45, 2.75) is 32.3 Å². The molecule has 1 rings (SSSR count). The third kappa shape index (κ3) is 4.02. The quantitative estimate of drug-likeness (QED) is 0.785. The number of rotatable bonds is 7. The van der Waals surface area contributed by atoms with Gasteiger partial charge in [-0.15, -0.1) is 0 Å². The summed E-state index contributed by atoms with van der Waals surface area (Å²) in [6.45, 7) is 4.18. The van der Waals surface area contributed by atoms with Gasteiger partial charge in [-0.2, -0.15) is 0 Å². The average molecular weight is 294 g/mol. The van der Waals surface area contributed by atoms with E-state index in [1.54, 1.807) is 18.9 Å². The predicted molar refractivity (Wildman–Crippen MR) is 85.9 cm³/mol. The number of benzene rings is 1. The Labute approximate surface area is 125 Å². The summed E-state index contributed by atoms with van der Waals surface area (Å²) >= 11 is 4.91. The summed E-state index contributed by atoms with van der Waals surface area (Å²) in [7, 11) is 1.55. The Morgan fingerprint density at radius 1 is 1.40 bits per heavy atom. The molecular weight excluding hydrogens is 272 g/mol. The maximum atomic E-state index is 12.8. The van der Waals surface area contributed by atoms with Crippen molar-refractivity contribution in [3.8, 4) is 0 Å². The summed E-state index contributed by atoms with van der Waals surface area (Å²) in [5, 5.41) is 0. The molecule has 0 spiro atoms. The minimum absolute atomic E-state index is 0.0787. The van der Waals surface area contributed by atoms with Crippen LogP contribution in [0.2, 0.25) is 0 Å². The molecule has 1 unspecified atom stereocenters. The maximum absolute atomic E-state index is 12.8. The fourth-order valence-electron chi connectivity index (χ4n) is 1.85. The Hall–Kier alpha value is -1.46. The summed E-state index contributed by atoms with van der Waals surface area (Å²) in [5.41, 5.74) is 5.54. The highest BCUT2D eigenvalue weighted by Crippen LogP contribution is 2.23. The molecule has 20 heavy (non-hydrogen) atoms. The number of ether oxygens (including phenoxy) is 1. The van der Waals surface area contributed by atoms with Crippen molar-refractivity contribution in [1.29, 1.82) is 0 Å². The van der Waals surface area contributed by atoms with Crippen LogP contribution in [0.5, 0.6) is 0 Å². The van der Waals surface area contributed by atoms with Gasteiger partial charge in [-0.3, -0.25) is 4.79 Å². The van der Waals surface area contributed by atoms with E-state index in [-0.39, 0.29) is 5.91 Å². The van der Waals surface area contributed by atoms with Gasteiger partial charge in [0.15, 0.2) is 0 Å². The van der Waals surface area contributed by atoms with Crippen molar-refractivity contribution in [2.75, 3.05) is 18.6 Å². The molecule has 0 fully saturated rings. The third-order valence-corrected chi connectivity index (χ3v) is 3.68. The van der Waals surface area contributed by atoms with E-state index in [4.69, 9.17) is 22.7 Å². The van der Waals surface area contributed by atoms with Crippen LogP contribution in [-0.4, -0.2) is 30.2 Å². The summed E-state index contributed by atoms with van der Waals surface area (Å²) in [5.74, 6) is -0.0787. The Balaban J connectivity index is 3.04. The van der Waals surface area contributed by atoms with Crippen molar-refractivity contribution in [3.05, 3.63) is 30.3 Å². The summed E-state index contributed by atoms with van der Waals surface area (Å²) in [6.07, 6.45) is 1.08. The molecule has 1 atom stereocenters. The highest BCUT2D eigenvalue weighted by Gasteiger charge is 2.35. The van der Waals surface area contributed by atoms with E-state index in [1.807, 2.05) is 37.3 Å².